The average Bonchev–Trinajstić information content (AvgIpc) is 2.92. The minimum atomic E-state index is -0.0969. The van der Waals surface area contributed by atoms with Crippen LogP contribution in [0.2, 0.25) is 5.02 Å². The average molecular weight is 552 g/mol. The number of rotatable bonds is 17. The van der Waals surface area contributed by atoms with Crippen LogP contribution in [0.25, 0.3) is 0 Å². The number of amides is 1. The van der Waals surface area contributed by atoms with Crippen LogP contribution in [0.15, 0.2) is 78.9 Å². The largest absolute Gasteiger partial charge is 0.494 e. The molecular formula is C33H44ClN2O3+. The Morgan fingerprint density at radius 1 is 0.795 bits per heavy atom. The Balaban J connectivity index is 1.23. The van der Waals surface area contributed by atoms with Gasteiger partial charge in [0.05, 0.1) is 32.8 Å². The van der Waals surface area contributed by atoms with Crippen LogP contribution in [0.3, 0.4) is 0 Å². The van der Waals surface area contributed by atoms with Gasteiger partial charge < -0.3 is 19.3 Å². The van der Waals surface area contributed by atoms with Gasteiger partial charge in [0.2, 0.25) is 0 Å². The smallest absolute Gasteiger partial charge is 0.278 e. The molecule has 0 fully saturated rings. The van der Waals surface area contributed by atoms with Crippen molar-refractivity contribution in [2.45, 2.75) is 57.6 Å². The van der Waals surface area contributed by atoms with Crippen LogP contribution >= 0.6 is 11.6 Å². The third-order valence-corrected chi connectivity index (χ3v) is 7.08. The van der Waals surface area contributed by atoms with E-state index in [2.05, 4.69) is 38.6 Å². The fourth-order valence-electron chi connectivity index (χ4n) is 4.43. The predicted molar refractivity (Wildman–Crippen MR) is 160 cm³/mol. The highest BCUT2D eigenvalue weighted by molar-refractivity contribution is 6.32. The second-order valence-electron chi connectivity index (χ2n) is 10.9. The Morgan fingerprint density at radius 3 is 2.05 bits per heavy atom. The van der Waals surface area contributed by atoms with Gasteiger partial charge in [0.25, 0.3) is 5.91 Å². The summed E-state index contributed by atoms with van der Waals surface area (Å²) in [4.78, 5) is 12.9. The Morgan fingerprint density at radius 2 is 1.41 bits per heavy atom. The van der Waals surface area contributed by atoms with E-state index in [1.807, 2.05) is 66.7 Å². The molecule has 1 unspecified atom stereocenters. The molecule has 0 aliphatic heterocycles. The molecule has 0 saturated carbocycles. The number of halogens is 1. The highest BCUT2D eigenvalue weighted by atomic mass is 35.5. The molecule has 0 bridgehead atoms. The number of carbonyl (C=O) groups is 1. The lowest BCUT2D eigenvalue weighted by atomic mass is 10.0. The van der Waals surface area contributed by atoms with E-state index in [9.17, 15) is 4.79 Å². The zero-order valence-corrected chi connectivity index (χ0v) is 24.5. The van der Waals surface area contributed by atoms with Gasteiger partial charge in [-0.2, -0.15) is 0 Å². The lowest BCUT2D eigenvalue weighted by Gasteiger charge is -2.33. The van der Waals surface area contributed by atoms with Crippen molar-refractivity contribution in [3.63, 3.8) is 0 Å². The maximum Gasteiger partial charge on any atom is 0.278 e. The molecule has 0 heterocycles. The predicted octanol–water partition coefficient (Wildman–Crippen LogP) is 7.07. The topological polar surface area (TPSA) is 47.6 Å². The van der Waals surface area contributed by atoms with Gasteiger partial charge >= 0.3 is 0 Å². The molecule has 0 radical (unpaired) electrons. The molecule has 0 aromatic heterocycles. The maximum absolute atomic E-state index is 12.9. The van der Waals surface area contributed by atoms with Crippen molar-refractivity contribution in [3.8, 4) is 11.5 Å². The van der Waals surface area contributed by atoms with Crippen LogP contribution in [-0.4, -0.2) is 50.7 Å². The summed E-state index contributed by atoms with van der Waals surface area (Å²) < 4.78 is 12.3. The standard InChI is InChI=1S/C33H43ClN2O3/c1-36(2,3)31(24-27-16-10-8-11-17-27)33(37)35-22-14-6-4-5-7-15-23-38-29-20-21-32(30(34)25-29)39-26-28-18-12-9-13-19-28/h8-13,16-21,25,31H,4-7,14-15,22-24,26H2,1-3H3/p+1. The molecule has 6 heteroatoms. The summed E-state index contributed by atoms with van der Waals surface area (Å²) in [6, 6.07) is 25.8. The normalized spacial score (nSPS) is 12.1. The van der Waals surface area contributed by atoms with E-state index in [-0.39, 0.29) is 11.9 Å². The Labute approximate surface area is 239 Å². The zero-order valence-electron chi connectivity index (χ0n) is 23.7. The van der Waals surface area contributed by atoms with Crippen molar-refractivity contribution in [1.82, 2.24) is 5.32 Å². The van der Waals surface area contributed by atoms with Crippen molar-refractivity contribution in [3.05, 3.63) is 95.0 Å². The van der Waals surface area contributed by atoms with Crippen LogP contribution in [0.4, 0.5) is 0 Å². The van der Waals surface area contributed by atoms with Gasteiger partial charge in [0.1, 0.15) is 18.1 Å². The Kier molecular flexibility index (Phi) is 12.7. The molecular weight excluding hydrogens is 508 g/mol. The fraction of sp³-hybridized carbons (Fsp3) is 0.424. The fourth-order valence-corrected chi connectivity index (χ4v) is 4.66. The van der Waals surface area contributed by atoms with Gasteiger partial charge in [0, 0.05) is 19.0 Å². The van der Waals surface area contributed by atoms with Crippen molar-refractivity contribution in [1.29, 1.82) is 0 Å². The molecule has 0 saturated heterocycles. The number of nitrogens with zero attached hydrogens (tertiary/aromatic N) is 1. The van der Waals surface area contributed by atoms with Crippen LogP contribution in [-0.2, 0) is 17.8 Å². The summed E-state index contributed by atoms with van der Waals surface area (Å²) in [6.07, 6.45) is 7.34. The van der Waals surface area contributed by atoms with E-state index in [4.69, 9.17) is 21.1 Å². The molecule has 210 valence electrons. The van der Waals surface area contributed by atoms with Crippen LogP contribution in [0.5, 0.6) is 11.5 Å². The molecule has 1 amide bonds. The summed E-state index contributed by atoms with van der Waals surface area (Å²) in [5, 5.41) is 3.73. The van der Waals surface area contributed by atoms with E-state index in [0.29, 0.717) is 28.5 Å². The second-order valence-corrected chi connectivity index (χ2v) is 11.4. The minimum absolute atomic E-state index is 0.0969. The van der Waals surface area contributed by atoms with E-state index >= 15 is 0 Å². The van der Waals surface area contributed by atoms with E-state index < -0.39 is 0 Å². The molecule has 0 spiro atoms. The number of benzene rings is 3. The Hall–Kier alpha value is -3.02. The highest BCUT2D eigenvalue weighted by Crippen LogP contribution is 2.29. The van der Waals surface area contributed by atoms with Gasteiger partial charge in [-0.25, -0.2) is 0 Å². The van der Waals surface area contributed by atoms with Crippen LogP contribution in [0.1, 0.15) is 49.7 Å². The van der Waals surface area contributed by atoms with Gasteiger partial charge in [-0.05, 0) is 36.1 Å². The summed E-state index contributed by atoms with van der Waals surface area (Å²) in [6.45, 7) is 1.89. The number of ether oxygens (including phenoxy) is 2. The van der Waals surface area contributed by atoms with Gasteiger partial charge in [0.15, 0.2) is 6.04 Å². The molecule has 39 heavy (non-hydrogen) atoms. The van der Waals surface area contributed by atoms with Crippen molar-refractivity contribution in [2.24, 2.45) is 0 Å². The van der Waals surface area contributed by atoms with Crippen molar-refractivity contribution >= 4 is 17.5 Å². The molecule has 3 rings (SSSR count). The quantitative estimate of drug-likeness (QED) is 0.144. The SMILES string of the molecule is C[N+](C)(C)C(Cc1ccccc1)C(=O)NCCCCCCCCOc1ccc(OCc2ccccc2)c(Cl)c1. The van der Waals surface area contributed by atoms with Crippen molar-refractivity contribution < 1.29 is 18.8 Å². The molecule has 3 aromatic rings. The molecule has 0 aliphatic carbocycles. The third kappa shape index (κ3) is 11.3. The monoisotopic (exact) mass is 551 g/mol. The first-order valence-electron chi connectivity index (χ1n) is 14.0. The number of hydrogen-bond acceptors (Lipinski definition) is 3. The first-order valence-corrected chi connectivity index (χ1v) is 14.4. The molecule has 5 nitrogen and oxygen atoms in total. The van der Waals surface area contributed by atoms with Crippen LogP contribution < -0.4 is 14.8 Å². The zero-order chi connectivity index (χ0) is 27.9. The van der Waals surface area contributed by atoms with E-state index in [0.717, 1.165) is 56.4 Å². The van der Waals surface area contributed by atoms with E-state index in [1.54, 1.807) is 0 Å². The number of carbonyl (C=O) groups excluding carboxylic acids is 1. The van der Waals surface area contributed by atoms with Crippen molar-refractivity contribution in [2.75, 3.05) is 34.3 Å². The number of nitrogens with one attached hydrogen (secondary N) is 1. The maximum atomic E-state index is 12.9. The van der Waals surface area contributed by atoms with Gasteiger partial charge in [-0.1, -0.05) is 97.9 Å². The number of unbranched alkanes of at least 4 members (excludes halogenated alkanes) is 5. The number of likely N-dealkylation sites (N-methyl/N-ethyl adjacent to an activating group) is 1. The summed E-state index contributed by atoms with van der Waals surface area (Å²) in [5.74, 6) is 1.56. The molecule has 3 aromatic carbocycles. The molecule has 1 atom stereocenters. The molecule has 0 aliphatic rings. The first-order chi connectivity index (χ1) is 18.8. The first kappa shape index (κ1) is 30.5. The summed E-state index contributed by atoms with van der Waals surface area (Å²) >= 11 is 6.38. The third-order valence-electron chi connectivity index (χ3n) is 6.79. The van der Waals surface area contributed by atoms with E-state index in [1.165, 1.54) is 12.0 Å². The second kappa shape index (κ2) is 16.2. The summed E-state index contributed by atoms with van der Waals surface area (Å²) in [7, 11) is 6.26. The summed E-state index contributed by atoms with van der Waals surface area (Å²) in [5.41, 5.74) is 2.30. The van der Waals surface area contributed by atoms with Gasteiger partial charge in [-0.3, -0.25) is 4.79 Å². The number of hydrogen-bond donors (Lipinski definition) is 1. The molecule has 1 N–H and O–H groups in total. The lowest BCUT2D eigenvalue weighted by Crippen LogP contribution is -2.55. The Bertz CT molecular complexity index is 1120. The van der Waals surface area contributed by atoms with Crippen LogP contribution in [0, 0.1) is 0 Å². The number of quaternary nitrogens is 1. The lowest BCUT2D eigenvalue weighted by molar-refractivity contribution is -0.886. The van der Waals surface area contributed by atoms with Gasteiger partial charge in [-0.15, -0.1) is 0 Å². The minimum Gasteiger partial charge on any atom is -0.494 e. The highest BCUT2D eigenvalue weighted by Gasteiger charge is 2.31.